The summed E-state index contributed by atoms with van der Waals surface area (Å²) in [6, 6.07) is 14.3. The number of fused-ring (bicyclic) bond motifs is 3. The molecule has 1 fully saturated rings. The number of nitrogens with one attached hydrogen (secondary N) is 2. The topological polar surface area (TPSA) is 122 Å². The van der Waals surface area contributed by atoms with E-state index in [2.05, 4.69) is 20.5 Å². The first-order chi connectivity index (χ1) is 16.0. The minimum absolute atomic E-state index is 0.148. The lowest BCUT2D eigenvalue weighted by molar-refractivity contribution is -0.118. The zero-order chi connectivity index (χ0) is 22.8. The Morgan fingerprint density at radius 2 is 1.88 bits per heavy atom. The third-order valence-electron chi connectivity index (χ3n) is 5.36. The minimum Gasteiger partial charge on any atom is -0.379 e. The number of ether oxygens (including phenoxy) is 1. The fourth-order valence-corrected chi connectivity index (χ4v) is 5.83. The molecule has 0 aliphatic carbocycles. The number of hydrogen-bond donors (Lipinski definition) is 2. The largest absolute Gasteiger partial charge is 0.379 e. The second-order valence-corrected chi connectivity index (χ2v) is 10.4. The van der Waals surface area contributed by atoms with Crippen molar-refractivity contribution in [2.24, 2.45) is 0 Å². The molecule has 33 heavy (non-hydrogen) atoms. The Balaban J connectivity index is 1.17. The van der Waals surface area contributed by atoms with Crippen LogP contribution in [0.2, 0.25) is 0 Å². The lowest BCUT2D eigenvalue weighted by atomic mass is 10.2. The van der Waals surface area contributed by atoms with Gasteiger partial charge in [0.1, 0.15) is 0 Å². The lowest BCUT2D eigenvalue weighted by Crippen LogP contribution is -2.40. The van der Waals surface area contributed by atoms with Crippen molar-refractivity contribution in [3.8, 4) is 0 Å². The Bertz CT molecular complexity index is 1390. The Morgan fingerprint density at radius 3 is 2.67 bits per heavy atom. The lowest BCUT2D eigenvalue weighted by Gasteiger charge is -2.26. The van der Waals surface area contributed by atoms with E-state index in [0.717, 1.165) is 16.6 Å². The number of rotatable bonds is 7. The molecule has 0 saturated carbocycles. The highest BCUT2D eigenvalue weighted by Crippen LogP contribution is 2.23. The highest BCUT2D eigenvalue weighted by atomic mass is 32.2. The summed E-state index contributed by atoms with van der Waals surface area (Å²) in [5, 5.41) is 10.7. The molecule has 3 heterocycles. The van der Waals surface area contributed by atoms with E-state index in [1.807, 2.05) is 28.7 Å². The van der Waals surface area contributed by atoms with Crippen molar-refractivity contribution in [2.45, 2.75) is 16.6 Å². The molecular weight excluding hydrogens is 464 g/mol. The summed E-state index contributed by atoms with van der Waals surface area (Å²) < 4.78 is 33.9. The summed E-state index contributed by atoms with van der Waals surface area (Å²) in [5.41, 5.74) is 2.60. The van der Waals surface area contributed by atoms with Crippen LogP contribution in [0.1, 0.15) is 5.56 Å². The van der Waals surface area contributed by atoms with Gasteiger partial charge in [0.15, 0.2) is 5.16 Å². The summed E-state index contributed by atoms with van der Waals surface area (Å²) >= 11 is 1.31. The van der Waals surface area contributed by atoms with E-state index in [1.165, 1.54) is 16.1 Å². The first-order valence-corrected chi connectivity index (χ1v) is 12.8. The predicted octanol–water partition coefficient (Wildman–Crippen LogP) is 1.64. The second-order valence-electron chi connectivity index (χ2n) is 7.49. The molecule has 2 aromatic heterocycles. The van der Waals surface area contributed by atoms with Crippen LogP contribution >= 0.6 is 11.8 Å². The standard InChI is InChI=1S/C21H22N6O4S2/c28-19(14-32-21-25-24-20-23-17-3-1-2-4-18(17)27(20)21)22-13-15-5-7-16(8-6-15)33(29,30)26-9-11-31-12-10-26/h1-8H,9-14H2,(H,22,28)(H,23,24). The van der Waals surface area contributed by atoms with Crippen molar-refractivity contribution in [2.75, 3.05) is 32.1 Å². The number of imidazole rings is 1. The molecule has 0 bridgehead atoms. The van der Waals surface area contributed by atoms with Crippen LogP contribution in [-0.4, -0.2) is 70.3 Å². The van der Waals surface area contributed by atoms with E-state index >= 15 is 0 Å². The fraction of sp³-hybridized carbons (Fsp3) is 0.286. The molecule has 0 atom stereocenters. The number of morpholine rings is 1. The highest BCUT2D eigenvalue weighted by molar-refractivity contribution is 7.99. The number of carbonyl (C=O) groups is 1. The Morgan fingerprint density at radius 1 is 1.12 bits per heavy atom. The number of amides is 1. The van der Waals surface area contributed by atoms with Crippen molar-refractivity contribution in [1.82, 2.24) is 29.2 Å². The summed E-state index contributed by atoms with van der Waals surface area (Å²) in [6.07, 6.45) is 0. The van der Waals surface area contributed by atoms with Crippen molar-refractivity contribution in [1.29, 1.82) is 0 Å². The van der Waals surface area contributed by atoms with E-state index in [-0.39, 0.29) is 16.6 Å². The normalized spacial score (nSPS) is 15.3. The number of para-hydroxylation sites is 2. The first-order valence-electron chi connectivity index (χ1n) is 10.4. The molecule has 2 aromatic carbocycles. The third-order valence-corrected chi connectivity index (χ3v) is 8.21. The van der Waals surface area contributed by atoms with Gasteiger partial charge in [0, 0.05) is 19.6 Å². The molecule has 1 amide bonds. The SMILES string of the molecule is O=C(CSc1n[nH]c2nc3ccccc3n12)NCc1ccc(S(=O)(=O)N2CCOCC2)cc1. The molecule has 5 rings (SSSR count). The van der Waals surface area contributed by atoms with Gasteiger partial charge in [-0.25, -0.2) is 18.5 Å². The number of sulfonamides is 1. The number of thioether (sulfide) groups is 1. The van der Waals surface area contributed by atoms with Crippen molar-refractivity contribution < 1.29 is 17.9 Å². The van der Waals surface area contributed by atoms with Crippen LogP contribution in [0, 0.1) is 0 Å². The minimum atomic E-state index is -3.53. The number of carbonyl (C=O) groups excluding carboxylic acids is 1. The van der Waals surface area contributed by atoms with E-state index in [1.54, 1.807) is 24.3 Å². The van der Waals surface area contributed by atoms with Crippen molar-refractivity contribution in [3.05, 3.63) is 54.1 Å². The monoisotopic (exact) mass is 486 g/mol. The molecule has 4 aromatic rings. The summed E-state index contributed by atoms with van der Waals surface area (Å²) in [6.45, 7) is 1.83. The maximum Gasteiger partial charge on any atom is 0.243 e. The molecule has 2 N–H and O–H groups in total. The molecule has 1 aliphatic heterocycles. The number of hydrogen-bond acceptors (Lipinski definition) is 7. The Hall–Kier alpha value is -2.93. The number of aromatic amines is 1. The molecule has 10 nitrogen and oxygen atoms in total. The van der Waals surface area contributed by atoms with Gasteiger partial charge in [-0.05, 0) is 29.8 Å². The smallest absolute Gasteiger partial charge is 0.243 e. The predicted molar refractivity (Wildman–Crippen MR) is 123 cm³/mol. The van der Waals surface area contributed by atoms with Crippen molar-refractivity contribution in [3.63, 3.8) is 0 Å². The second kappa shape index (κ2) is 9.14. The van der Waals surface area contributed by atoms with Crippen LogP contribution in [0.5, 0.6) is 0 Å². The van der Waals surface area contributed by atoms with Crippen molar-refractivity contribution >= 4 is 44.5 Å². The summed E-state index contributed by atoms with van der Waals surface area (Å²) in [7, 11) is -3.53. The van der Waals surface area contributed by atoms with Gasteiger partial charge in [-0.1, -0.05) is 36.0 Å². The number of H-pyrrole nitrogens is 1. The van der Waals surface area contributed by atoms with Gasteiger partial charge in [0.25, 0.3) is 0 Å². The molecule has 1 aliphatic rings. The Kier molecular flexibility index (Phi) is 6.06. The molecule has 0 unspecified atom stereocenters. The maximum absolute atomic E-state index is 12.7. The Labute approximate surface area is 194 Å². The van der Waals surface area contributed by atoms with Crippen LogP contribution in [0.4, 0.5) is 0 Å². The van der Waals surface area contributed by atoms with Crippen LogP contribution in [0.25, 0.3) is 16.8 Å². The zero-order valence-corrected chi connectivity index (χ0v) is 19.2. The van der Waals surface area contributed by atoms with Gasteiger partial charge >= 0.3 is 0 Å². The third kappa shape index (κ3) is 4.47. The van der Waals surface area contributed by atoms with E-state index in [0.29, 0.717) is 43.8 Å². The number of nitrogens with zero attached hydrogens (tertiary/aromatic N) is 4. The first kappa shape index (κ1) is 21.9. The molecule has 1 saturated heterocycles. The van der Waals surface area contributed by atoms with Crippen LogP contribution in [0.3, 0.4) is 0 Å². The molecule has 0 spiro atoms. The molecule has 12 heteroatoms. The summed E-state index contributed by atoms with van der Waals surface area (Å²) in [5.74, 6) is 0.674. The van der Waals surface area contributed by atoms with Gasteiger partial charge in [-0.15, -0.1) is 5.10 Å². The van der Waals surface area contributed by atoms with Gasteiger partial charge in [-0.2, -0.15) is 4.31 Å². The van der Waals surface area contributed by atoms with Crippen LogP contribution < -0.4 is 5.32 Å². The van der Waals surface area contributed by atoms with E-state index < -0.39 is 10.0 Å². The highest BCUT2D eigenvalue weighted by Gasteiger charge is 2.26. The van der Waals surface area contributed by atoms with Crippen LogP contribution in [-0.2, 0) is 26.1 Å². The maximum atomic E-state index is 12.7. The van der Waals surface area contributed by atoms with Gasteiger partial charge in [-0.3, -0.25) is 9.20 Å². The van der Waals surface area contributed by atoms with Crippen LogP contribution in [0.15, 0.2) is 58.6 Å². The molecule has 172 valence electrons. The fourth-order valence-electron chi connectivity index (χ4n) is 3.64. The summed E-state index contributed by atoms with van der Waals surface area (Å²) in [4.78, 5) is 17.1. The average molecular weight is 487 g/mol. The van der Waals surface area contributed by atoms with Gasteiger partial charge in [0.2, 0.25) is 21.7 Å². The molecular formula is C21H22N6O4S2. The number of aromatic nitrogens is 4. The number of benzene rings is 2. The van der Waals surface area contributed by atoms with Gasteiger partial charge < -0.3 is 10.1 Å². The molecule has 0 radical (unpaired) electrons. The van der Waals surface area contributed by atoms with E-state index in [4.69, 9.17) is 4.74 Å². The quantitative estimate of drug-likeness (QED) is 0.381. The average Bonchev–Trinajstić information content (AvgIpc) is 3.41. The van der Waals surface area contributed by atoms with Gasteiger partial charge in [0.05, 0.1) is 34.9 Å². The zero-order valence-electron chi connectivity index (χ0n) is 17.6. The van der Waals surface area contributed by atoms with E-state index in [9.17, 15) is 13.2 Å².